The van der Waals surface area contributed by atoms with Crippen LogP contribution in [0.4, 0.5) is 0 Å². The van der Waals surface area contributed by atoms with Crippen molar-refractivity contribution in [3.63, 3.8) is 0 Å². The number of pyridine rings is 1. The minimum atomic E-state index is -0.317. The van der Waals surface area contributed by atoms with Crippen LogP contribution in [0.2, 0.25) is 0 Å². The Hall–Kier alpha value is -2.15. The summed E-state index contributed by atoms with van der Waals surface area (Å²) in [4.78, 5) is 23.5. The Morgan fingerprint density at radius 1 is 1.47 bits per heavy atom. The molecule has 0 aliphatic carbocycles. The Balaban J connectivity index is 1.99. The summed E-state index contributed by atoms with van der Waals surface area (Å²) in [5.41, 5.74) is 0.210. The molecule has 0 fully saturated rings. The summed E-state index contributed by atoms with van der Waals surface area (Å²) in [6.45, 7) is 1.04. The number of carbonyl (C=O) groups excluding carboxylic acids is 1. The Morgan fingerprint density at radius 2 is 2.32 bits per heavy atom. The maximum atomic E-state index is 11.9. The lowest BCUT2D eigenvalue weighted by molar-refractivity contribution is -0.121. The average Bonchev–Trinajstić information content (AvgIpc) is 2.72. The molecule has 2 aromatic rings. The average molecular weight is 264 g/mol. The number of rotatable bonds is 6. The highest BCUT2D eigenvalue weighted by Crippen LogP contribution is 1.94. The molecule has 102 valence electrons. The first kappa shape index (κ1) is 13.3. The van der Waals surface area contributed by atoms with E-state index in [9.17, 15) is 9.59 Å². The van der Waals surface area contributed by atoms with E-state index in [1.807, 2.05) is 0 Å². The second kappa shape index (κ2) is 6.14. The number of hydrogen-bond donors (Lipinski definition) is 1. The predicted molar refractivity (Wildman–Crippen MR) is 69.0 cm³/mol. The lowest BCUT2D eigenvalue weighted by atomic mass is 10.4. The molecule has 0 saturated heterocycles. The lowest BCUT2D eigenvalue weighted by Gasteiger charge is -2.03. The number of aromatic nitrogens is 3. The quantitative estimate of drug-likeness (QED) is 0.723. The Kier molecular flexibility index (Phi) is 4.30. The third-order valence-corrected chi connectivity index (χ3v) is 2.63. The van der Waals surface area contributed by atoms with Gasteiger partial charge in [-0.25, -0.2) is 9.48 Å². The molecule has 0 radical (unpaired) electrons. The first-order valence-electron chi connectivity index (χ1n) is 6.02. The van der Waals surface area contributed by atoms with E-state index >= 15 is 0 Å². The molecule has 0 atom stereocenters. The van der Waals surface area contributed by atoms with Gasteiger partial charge in [0.15, 0.2) is 5.65 Å². The first-order chi connectivity index (χ1) is 9.22. The van der Waals surface area contributed by atoms with Gasteiger partial charge >= 0.3 is 5.69 Å². The van der Waals surface area contributed by atoms with Gasteiger partial charge in [-0.05, 0) is 18.6 Å². The monoisotopic (exact) mass is 264 g/mol. The highest BCUT2D eigenvalue weighted by molar-refractivity contribution is 5.75. The van der Waals surface area contributed by atoms with Crippen molar-refractivity contribution in [3.8, 4) is 0 Å². The van der Waals surface area contributed by atoms with Gasteiger partial charge in [-0.3, -0.25) is 9.20 Å². The normalized spacial score (nSPS) is 10.8. The van der Waals surface area contributed by atoms with Crippen LogP contribution in [0.25, 0.3) is 5.65 Å². The Bertz CT molecular complexity index is 617. The Labute approximate surface area is 109 Å². The minimum Gasteiger partial charge on any atom is -0.385 e. The summed E-state index contributed by atoms with van der Waals surface area (Å²) in [6.07, 6.45) is 2.36. The number of carbonyl (C=O) groups is 1. The van der Waals surface area contributed by atoms with Crippen molar-refractivity contribution in [1.82, 2.24) is 19.5 Å². The smallest absolute Gasteiger partial charge is 0.350 e. The summed E-state index contributed by atoms with van der Waals surface area (Å²) in [5, 5.41) is 6.79. The van der Waals surface area contributed by atoms with Crippen LogP contribution >= 0.6 is 0 Å². The lowest BCUT2D eigenvalue weighted by Crippen LogP contribution is -2.33. The predicted octanol–water partition coefficient (Wildman–Crippen LogP) is -0.351. The second-order valence-corrected chi connectivity index (χ2v) is 4.07. The maximum absolute atomic E-state index is 11.9. The van der Waals surface area contributed by atoms with Crippen LogP contribution in [0.1, 0.15) is 6.42 Å². The number of nitrogens with one attached hydrogen (secondary N) is 1. The van der Waals surface area contributed by atoms with Crippen LogP contribution < -0.4 is 11.0 Å². The zero-order chi connectivity index (χ0) is 13.7. The van der Waals surface area contributed by atoms with E-state index in [0.29, 0.717) is 18.8 Å². The van der Waals surface area contributed by atoms with Gasteiger partial charge in [-0.15, -0.1) is 5.10 Å². The molecule has 7 heteroatoms. The van der Waals surface area contributed by atoms with Crippen LogP contribution in [0, 0.1) is 0 Å². The van der Waals surface area contributed by atoms with Crippen molar-refractivity contribution in [3.05, 3.63) is 34.9 Å². The van der Waals surface area contributed by atoms with Crippen LogP contribution in [0.15, 0.2) is 29.2 Å². The number of hydrogen-bond acceptors (Lipinski definition) is 4. The van der Waals surface area contributed by atoms with Crippen molar-refractivity contribution >= 4 is 11.6 Å². The van der Waals surface area contributed by atoms with Gasteiger partial charge in [0, 0.05) is 26.5 Å². The van der Waals surface area contributed by atoms with Gasteiger partial charge in [0.1, 0.15) is 6.54 Å². The van der Waals surface area contributed by atoms with E-state index < -0.39 is 0 Å². The van der Waals surface area contributed by atoms with Crippen LogP contribution in [0.3, 0.4) is 0 Å². The summed E-state index contributed by atoms with van der Waals surface area (Å²) in [6, 6.07) is 5.25. The van der Waals surface area contributed by atoms with E-state index in [4.69, 9.17) is 4.74 Å². The molecule has 2 heterocycles. The van der Waals surface area contributed by atoms with Crippen molar-refractivity contribution in [2.75, 3.05) is 20.3 Å². The highest BCUT2D eigenvalue weighted by atomic mass is 16.5. The van der Waals surface area contributed by atoms with Gasteiger partial charge in [0.05, 0.1) is 0 Å². The number of nitrogens with zero attached hydrogens (tertiary/aromatic N) is 3. The maximum Gasteiger partial charge on any atom is 0.350 e. The summed E-state index contributed by atoms with van der Waals surface area (Å²) < 4.78 is 7.43. The van der Waals surface area contributed by atoms with Crippen LogP contribution in [-0.2, 0) is 16.1 Å². The zero-order valence-electron chi connectivity index (χ0n) is 10.7. The number of fused-ring (bicyclic) bond motifs is 1. The molecule has 0 aromatic carbocycles. The largest absolute Gasteiger partial charge is 0.385 e. The molecule has 0 aliphatic rings. The number of ether oxygens (including phenoxy) is 1. The van der Waals surface area contributed by atoms with Gasteiger partial charge in [0.2, 0.25) is 5.91 Å². The topological polar surface area (TPSA) is 77.6 Å². The van der Waals surface area contributed by atoms with Gasteiger partial charge in [0.25, 0.3) is 0 Å². The van der Waals surface area contributed by atoms with E-state index in [-0.39, 0.29) is 18.1 Å². The SMILES string of the molecule is COCCCNC(=O)Cn1nc2ccccn2c1=O. The third kappa shape index (κ3) is 3.19. The van der Waals surface area contributed by atoms with Gasteiger partial charge in [-0.2, -0.15) is 0 Å². The molecule has 2 rings (SSSR count). The minimum absolute atomic E-state index is 0.0759. The van der Waals surface area contributed by atoms with Crippen molar-refractivity contribution in [2.24, 2.45) is 0 Å². The first-order valence-corrected chi connectivity index (χ1v) is 6.02. The third-order valence-electron chi connectivity index (χ3n) is 2.63. The van der Waals surface area contributed by atoms with Crippen molar-refractivity contribution in [2.45, 2.75) is 13.0 Å². The molecule has 1 N–H and O–H groups in total. The number of methoxy groups -OCH3 is 1. The standard InChI is InChI=1S/C12H16N4O3/c1-19-8-4-6-13-11(17)9-16-12(18)15-7-3-2-5-10(15)14-16/h2-3,5,7H,4,6,8-9H2,1H3,(H,13,17). The molecule has 0 bridgehead atoms. The molecule has 0 aliphatic heterocycles. The molecule has 0 saturated carbocycles. The van der Waals surface area contributed by atoms with E-state index in [0.717, 1.165) is 11.1 Å². The van der Waals surface area contributed by atoms with Crippen LogP contribution in [0.5, 0.6) is 0 Å². The molecule has 0 unspecified atom stereocenters. The van der Waals surface area contributed by atoms with E-state index in [1.165, 1.54) is 4.40 Å². The Morgan fingerprint density at radius 3 is 3.05 bits per heavy atom. The molecule has 0 spiro atoms. The van der Waals surface area contributed by atoms with Crippen molar-refractivity contribution in [1.29, 1.82) is 0 Å². The fourth-order valence-corrected chi connectivity index (χ4v) is 1.71. The van der Waals surface area contributed by atoms with Gasteiger partial charge in [-0.1, -0.05) is 6.07 Å². The summed E-state index contributed by atoms with van der Waals surface area (Å²) in [7, 11) is 1.61. The van der Waals surface area contributed by atoms with Crippen LogP contribution in [-0.4, -0.2) is 40.3 Å². The molecule has 19 heavy (non-hydrogen) atoms. The molecular weight excluding hydrogens is 248 g/mol. The molecule has 7 nitrogen and oxygen atoms in total. The number of amides is 1. The molecular formula is C12H16N4O3. The fraction of sp³-hybridized carbons (Fsp3) is 0.417. The second-order valence-electron chi connectivity index (χ2n) is 4.07. The van der Waals surface area contributed by atoms with Gasteiger partial charge < -0.3 is 10.1 Å². The molecule has 1 amide bonds. The van der Waals surface area contributed by atoms with E-state index in [1.54, 1.807) is 31.5 Å². The zero-order valence-corrected chi connectivity index (χ0v) is 10.7. The van der Waals surface area contributed by atoms with E-state index in [2.05, 4.69) is 10.4 Å². The fourth-order valence-electron chi connectivity index (χ4n) is 1.71. The van der Waals surface area contributed by atoms with Crippen molar-refractivity contribution < 1.29 is 9.53 Å². The summed E-state index contributed by atoms with van der Waals surface area (Å²) >= 11 is 0. The highest BCUT2D eigenvalue weighted by Gasteiger charge is 2.09. The molecule has 2 aromatic heterocycles. The summed E-state index contributed by atoms with van der Waals surface area (Å²) in [5.74, 6) is -0.235.